The number of aromatic nitrogens is 1. The van der Waals surface area contributed by atoms with Gasteiger partial charge in [0.2, 0.25) is 5.91 Å². The summed E-state index contributed by atoms with van der Waals surface area (Å²) in [6.07, 6.45) is 1.88. The number of unbranched alkanes of at least 4 members (excludes halogenated alkanes) is 1. The first-order chi connectivity index (χ1) is 9.47. The van der Waals surface area contributed by atoms with E-state index in [0.29, 0.717) is 18.7 Å². The van der Waals surface area contributed by atoms with Crippen molar-refractivity contribution in [3.8, 4) is 0 Å². The molecule has 1 amide bonds. The first-order valence-corrected chi connectivity index (χ1v) is 7.05. The van der Waals surface area contributed by atoms with E-state index in [9.17, 15) is 9.59 Å². The zero-order valence-electron chi connectivity index (χ0n) is 12.8. The second-order valence-corrected chi connectivity index (χ2v) is 4.85. The van der Waals surface area contributed by atoms with Crippen LogP contribution in [0.5, 0.6) is 0 Å². The molecule has 0 saturated carbocycles. The van der Waals surface area contributed by atoms with Crippen molar-refractivity contribution in [1.29, 1.82) is 0 Å². The predicted molar refractivity (Wildman–Crippen MR) is 77.8 cm³/mol. The predicted octanol–water partition coefficient (Wildman–Crippen LogP) is 2.20. The van der Waals surface area contributed by atoms with Crippen molar-refractivity contribution in [3.05, 3.63) is 23.0 Å². The van der Waals surface area contributed by atoms with Gasteiger partial charge in [-0.15, -0.1) is 0 Å². The van der Waals surface area contributed by atoms with Crippen LogP contribution in [0.25, 0.3) is 0 Å². The quantitative estimate of drug-likeness (QED) is 0.615. The molecule has 0 spiro atoms. The van der Waals surface area contributed by atoms with Gasteiger partial charge in [-0.25, -0.2) is 4.79 Å². The smallest absolute Gasteiger partial charge is 0.339 e. The number of carbonyl (C=O) groups is 2. The van der Waals surface area contributed by atoms with Crippen molar-refractivity contribution in [3.63, 3.8) is 0 Å². The fourth-order valence-corrected chi connectivity index (χ4v) is 2.22. The molecule has 112 valence electrons. The van der Waals surface area contributed by atoms with Crippen molar-refractivity contribution in [2.45, 2.75) is 47.1 Å². The first-order valence-electron chi connectivity index (χ1n) is 7.05. The normalized spacial score (nSPS) is 10.4. The van der Waals surface area contributed by atoms with Crippen molar-refractivity contribution in [2.75, 3.05) is 13.2 Å². The molecule has 1 aromatic heterocycles. The molecule has 0 aliphatic rings. The molecule has 1 heterocycles. The van der Waals surface area contributed by atoms with Crippen LogP contribution in [0.2, 0.25) is 0 Å². The van der Waals surface area contributed by atoms with E-state index >= 15 is 0 Å². The van der Waals surface area contributed by atoms with E-state index in [-0.39, 0.29) is 11.9 Å². The Morgan fingerprint density at radius 1 is 1.30 bits per heavy atom. The maximum absolute atomic E-state index is 11.8. The lowest BCUT2D eigenvalue weighted by molar-refractivity contribution is -0.118. The van der Waals surface area contributed by atoms with E-state index < -0.39 is 0 Å². The molecule has 0 aromatic carbocycles. The molecule has 0 saturated heterocycles. The molecule has 20 heavy (non-hydrogen) atoms. The van der Waals surface area contributed by atoms with Gasteiger partial charge in [0.05, 0.1) is 12.2 Å². The maximum Gasteiger partial charge on any atom is 0.339 e. The minimum absolute atomic E-state index is 0.00271. The lowest BCUT2D eigenvalue weighted by Crippen LogP contribution is -2.21. The Morgan fingerprint density at radius 3 is 2.60 bits per heavy atom. The van der Waals surface area contributed by atoms with Crippen LogP contribution in [0.15, 0.2) is 6.07 Å². The summed E-state index contributed by atoms with van der Waals surface area (Å²) in [6.45, 7) is 9.18. The second kappa shape index (κ2) is 7.72. The average molecular weight is 280 g/mol. The SMILES string of the molecule is CCOC(=O)c1cc(C)n(CCCCNC(C)=O)c1C. The third-order valence-electron chi connectivity index (χ3n) is 3.25. The number of nitrogens with one attached hydrogen (secondary N) is 1. The Balaban J connectivity index is 2.58. The van der Waals surface area contributed by atoms with E-state index in [2.05, 4.69) is 9.88 Å². The highest BCUT2D eigenvalue weighted by Gasteiger charge is 2.16. The van der Waals surface area contributed by atoms with Crippen molar-refractivity contribution in [1.82, 2.24) is 9.88 Å². The lowest BCUT2D eigenvalue weighted by atomic mass is 10.2. The van der Waals surface area contributed by atoms with E-state index in [0.717, 1.165) is 30.8 Å². The third-order valence-corrected chi connectivity index (χ3v) is 3.25. The zero-order chi connectivity index (χ0) is 15.1. The molecule has 0 aliphatic heterocycles. The summed E-state index contributed by atoms with van der Waals surface area (Å²) < 4.78 is 7.17. The van der Waals surface area contributed by atoms with Gasteiger partial charge in [-0.2, -0.15) is 0 Å². The number of nitrogens with zero attached hydrogens (tertiary/aromatic N) is 1. The summed E-state index contributed by atoms with van der Waals surface area (Å²) in [5.41, 5.74) is 2.65. The molecule has 1 rings (SSSR count). The summed E-state index contributed by atoms with van der Waals surface area (Å²) in [5.74, 6) is -0.256. The van der Waals surface area contributed by atoms with Crippen LogP contribution in [0.3, 0.4) is 0 Å². The number of carbonyl (C=O) groups excluding carboxylic acids is 2. The highest BCUT2D eigenvalue weighted by molar-refractivity contribution is 5.91. The molecule has 0 atom stereocenters. The number of hydrogen-bond donors (Lipinski definition) is 1. The minimum Gasteiger partial charge on any atom is -0.462 e. The Hall–Kier alpha value is -1.78. The van der Waals surface area contributed by atoms with Crippen LogP contribution in [-0.2, 0) is 16.1 Å². The Kier molecular flexibility index (Phi) is 6.28. The molecule has 5 heteroatoms. The summed E-state index contributed by atoms with van der Waals surface area (Å²) in [6, 6.07) is 1.88. The number of rotatable bonds is 7. The maximum atomic E-state index is 11.8. The average Bonchev–Trinajstić information content (AvgIpc) is 2.65. The van der Waals surface area contributed by atoms with Crippen molar-refractivity contribution in [2.24, 2.45) is 0 Å². The van der Waals surface area contributed by atoms with Gasteiger partial charge in [0, 0.05) is 31.4 Å². The van der Waals surface area contributed by atoms with Crippen LogP contribution in [0.1, 0.15) is 48.4 Å². The summed E-state index contributed by atoms with van der Waals surface area (Å²) in [7, 11) is 0. The molecule has 1 aromatic rings. The molecule has 5 nitrogen and oxygen atoms in total. The highest BCUT2D eigenvalue weighted by atomic mass is 16.5. The van der Waals surface area contributed by atoms with E-state index in [1.165, 1.54) is 6.92 Å². The zero-order valence-corrected chi connectivity index (χ0v) is 12.8. The van der Waals surface area contributed by atoms with Crippen molar-refractivity contribution >= 4 is 11.9 Å². The van der Waals surface area contributed by atoms with Gasteiger partial charge in [-0.3, -0.25) is 4.79 Å². The molecule has 0 radical (unpaired) electrons. The fraction of sp³-hybridized carbons (Fsp3) is 0.600. The standard InChI is InChI=1S/C15H24N2O3/c1-5-20-15(19)14-10-11(2)17(12(14)3)9-7-6-8-16-13(4)18/h10H,5-9H2,1-4H3,(H,16,18). The first kappa shape index (κ1) is 16.3. The van der Waals surface area contributed by atoms with Gasteiger partial charge in [0.1, 0.15) is 0 Å². The Labute approximate surface area is 120 Å². The van der Waals surface area contributed by atoms with Crippen LogP contribution in [-0.4, -0.2) is 29.6 Å². The monoisotopic (exact) mass is 280 g/mol. The van der Waals surface area contributed by atoms with E-state index in [4.69, 9.17) is 4.74 Å². The molecular weight excluding hydrogens is 256 g/mol. The molecule has 0 bridgehead atoms. The van der Waals surface area contributed by atoms with Gasteiger partial charge in [0.15, 0.2) is 0 Å². The topological polar surface area (TPSA) is 60.3 Å². The van der Waals surface area contributed by atoms with Gasteiger partial charge >= 0.3 is 5.97 Å². The van der Waals surface area contributed by atoms with Crippen LogP contribution in [0.4, 0.5) is 0 Å². The number of esters is 1. The largest absolute Gasteiger partial charge is 0.462 e. The van der Waals surface area contributed by atoms with Crippen molar-refractivity contribution < 1.29 is 14.3 Å². The summed E-state index contributed by atoms with van der Waals surface area (Å²) >= 11 is 0. The Bertz CT molecular complexity index is 478. The molecule has 1 N–H and O–H groups in total. The summed E-state index contributed by atoms with van der Waals surface area (Å²) in [5, 5.41) is 2.78. The number of amides is 1. The molecular formula is C15H24N2O3. The Morgan fingerprint density at radius 2 is 2.00 bits per heavy atom. The highest BCUT2D eigenvalue weighted by Crippen LogP contribution is 2.17. The number of aryl methyl sites for hydroxylation is 1. The molecule has 0 unspecified atom stereocenters. The number of hydrogen-bond acceptors (Lipinski definition) is 3. The van der Waals surface area contributed by atoms with E-state index in [1.807, 2.05) is 19.9 Å². The van der Waals surface area contributed by atoms with Crippen LogP contribution >= 0.6 is 0 Å². The fourth-order valence-electron chi connectivity index (χ4n) is 2.22. The van der Waals surface area contributed by atoms with Gasteiger partial charge in [-0.1, -0.05) is 0 Å². The lowest BCUT2D eigenvalue weighted by Gasteiger charge is -2.10. The van der Waals surface area contributed by atoms with Gasteiger partial charge in [-0.05, 0) is 39.7 Å². The van der Waals surface area contributed by atoms with Crippen LogP contribution in [0, 0.1) is 13.8 Å². The van der Waals surface area contributed by atoms with Crippen LogP contribution < -0.4 is 5.32 Å². The molecule has 0 fully saturated rings. The summed E-state index contributed by atoms with van der Waals surface area (Å²) in [4.78, 5) is 22.6. The molecule has 0 aliphatic carbocycles. The number of ether oxygens (including phenoxy) is 1. The van der Waals surface area contributed by atoms with Gasteiger partial charge in [0.25, 0.3) is 0 Å². The van der Waals surface area contributed by atoms with E-state index in [1.54, 1.807) is 6.92 Å². The van der Waals surface area contributed by atoms with Gasteiger partial charge < -0.3 is 14.6 Å². The second-order valence-electron chi connectivity index (χ2n) is 4.85. The third kappa shape index (κ3) is 4.40. The minimum atomic E-state index is -0.259.